The third-order valence-corrected chi connectivity index (χ3v) is 6.42. The number of hydrogen-bond donors (Lipinski definition) is 2. The molecule has 0 aromatic heterocycles. The molecular weight excluding hydrogens is 410 g/mol. The van der Waals surface area contributed by atoms with Crippen molar-refractivity contribution in [1.29, 1.82) is 0 Å². The molecule has 1 rings (SSSR count). The van der Waals surface area contributed by atoms with Crippen LogP contribution in [0, 0.1) is 0 Å². The standard InChI is InChI=1S/C29H49NO3/c1-2-3-4-5-6-7-8-9-10-11-12-13-14-15-16-17-21-24-28(31)30-27(29(32)33)25-26-22-19-18-20-23-26/h18-20,22-23,27H,2-17,21,24-25H2,1H3,(H,30,31)(H,32,33)/t27-/m0/s1. The van der Waals surface area contributed by atoms with Crippen molar-refractivity contribution in [3.05, 3.63) is 35.9 Å². The first-order valence-electron chi connectivity index (χ1n) is 13.7. The van der Waals surface area contributed by atoms with Crippen molar-refractivity contribution in [2.24, 2.45) is 0 Å². The molecule has 2 N–H and O–H groups in total. The highest BCUT2D eigenvalue weighted by atomic mass is 16.4. The summed E-state index contributed by atoms with van der Waals surface area (Å²) in [6.07, 6.45) is 23.0. The maximum absolute atomic E-state index is 12.1. The van der Waals surface area contributed by atoms with Crippen LogP contribution >= 0.6 is 0 Å². The minimum absolute atomic E-state index is 0.153. The van der Waals surface area contributed by atoms with E-state index >= 15 is 0 Å². The van der Waals surface area contributed by atoms with Crippen molar-refractivity contribution in [1.82, 2.24) is 5.32 Å². The van der Waals surface area contributed by atoms with Gasteiger partial charge in [0.2, 0.25) is 5.91 Å². The smallest absolute Gasteiger partial charge is 0.326 e. The topological polar surface area (TPSA) is 66.4 Å². The second-order valence-corrected chi connectivity index (χ2v) is 9.55. The lowest BCUT2D eigenvalue weighted by Gasteiger charge is -2.14. The summed E-state index contributed by atoms with van der Waals surface area (Å²) >= 11 is 0. The monoisotopic (exact) mass is 459 g/mol. The van der Waals surface area contributed by atoms with Crippen LogP contribution in [0.4, 0.5) is 0 Å². The summed E-state index contributed by atoms with van der Waals surface area (Å²) in [7, 11) is 0. The van der Waals surface area contributed by atoms with Gasteiger partial charge in [0.1, 0.15) is 6.04 Å². The molecule has 1 aromatic rings. The normalized spacial score (nSPS) is 11.9. The Morgan fingerprint density at radius 2 is 1.12 bits per heavy atom. The average molecular weight is 460 g/mol. The first-order valence-corrected chi connectivity index (χ1v) is 13.7. The second-order valence-electron chi connectivity index (χ2n) is 9.55. The molecule has 4 heteroatoms. The lowest BCUT2D eigenvalue weighted by Crippen LogP contribution is -2.42. The minimum atomic E-state index is -0.977. The molecule has 1 amide bonds. The summed E-state index contributed by atoms with van der Waals surface area (Å²) in [5, 5.41) is 12.1. The van der Waals surface area contributed by atoms with E-state index in [1.54, 1.807) is 0 Å². The van der Waals surface area contributed by atoms with Crippen LogP contribution in [0.5, 0.6) is 0 Å². The molecule has 188 valence electrons. The molecule has 0 radical (unpaired) electrons. The Labute approximate surface area is 202 Å². The number of hydrogen-bond acceptors (Lipinski definition) is 2. The fourth-order valence-corrected chi connectivity index (χ4v) is 4.33. The Morgan fingerprint density at radius 3 is 1.55 bits per heavy atom. The third-order valence-electron chi connectivity index (χ3n) is 6.42. The molecule has 0 aliphatic rings. The van der Waals surface area contributed by atoms with Crippen LogP contribution in [-0.2, 0) is 16.0 Å². The van der Waals surface area contributed by atoms with E-state index in [0.29, 0.717) is 12.8 Å². The molecule has 1 aromatic carbocycles. The van der Waals surface area contributed by atoms with Crippen LogP contribution in [-0.4, -0.2) is 23.0 Å². The molecule has 0 saturated carbocycles. The molecule has 0 spiro atoms. The van der Waals surface area contributed by atoms with Gasteiger partial charge in [0.05, 0.1) is 0 Å². The zero-order valence-corrected chi connectivity index (χ0v) is 21.2. The lowest BCUT2D eigenvalue weighted by molar-refractivity contribution is -0.141. The number of benzene rings is 1. The van der Waals surface area contributed by atoms with Crippen molar-refractivity contribution in [3.63, 3.8) is 0 Å². The molecule has 0 aliphatic heterocycles. The molecule has 0 unspecified atom stereocenters. The van der Waals surface area contributed by atoms with Crippen LogP contribution in [0.1, 0.15) is 128 Å². The molecule has 0 heterocycles. The van der Waals surface area contributed by atoms with E-state index in [9.17, 15) is 14.7 Å². The zero-order valence-electron chi connectivity index (χ0n) is 21.2. The lowest BCUT2D eigenvalue weighted by atomic mass is 10.0. The van der Waals surface area contributed by atoms with Crippen molar-refractivity contribution in [2.75, 3.05) is 0 Å². The largest absolute Gasteiger partial charge is 0.480 e. The number of carboxylic acids is 1. The Bertz CT molecular complexity index is 602. The summed E-state index contributed by atoms with van der Waals surface area (Å²) < 4.78 is 0. The first kappa shape index (κ1) is 29.2. The van der Waals surface area contributed by atoms with Gasteiger partial charge in [-0.3, -0.25) is 4.79 Å². The highest BCUT2D eigenvalue weighted by Crippen LogP contribution is 2.14. The van der Waals surface area contributed by atoms with Gasteiger partial charge < -0.3 is 10.4 Å². The highest BCUT2D eigenvalue weighted by molar-refractivity contribution is 5.83. The van der Waals surface area contributed by atoms with Crippen LogP contribution in [0.2, 0.25) is 0 Å². The van der Waals surface area contributed by atoms with Gasteiger partial charge in [-0.25, -0.2) is 4.79 Å². The Hall–Kier alpha value is -1.84. The fraction of sp³-hybridized carbons (Fsp3) is 0.724. The molecule has 0 fully saturated rings. The first-order chi connectivity index (χ1) is 16.1. The summed E-state index contributed by atoms with van der Waals surface area (Å²) in [6.45, 7) is 2.27. The maximum atomic E-state index is 12.1. The average Bonchev–Trinajstić information content (AvgIpc) is 2.81. The maximum Gasteiger partial charge on any atom is 0.326 e. The summed E-state index contributed by atoms with van der Waals surface area (Å²) in [5.74, 6) is -1.13. The van der Waals surface area contributed by atoms with Crippen molar-refractivity contribution in [2.45, 2.75) is 135 Å². The number of carbonyl (C=O) groups is 2. The van der Waals surface area contributed by atoms with E-state index < -0.39 is 12.0 Å². The van der Waals surface area contributed by atoms with Crippen LogP contribution in [0.25, 0.3) is 0 Å². The van der Waals surface area contributed by atoms with Gasteiger partial charge >= 0.3 is 5.97 Å². The van der Waals surface area contributed by atoms with E-state index in [1.807, 2.05) is 30.3 Å². The minimum Gasteiger partial charge on any atom is -0.480 e. The molecule has 4 nitrogen and oxygen atoms in total. The van der Waals surface area contributed by atoms with E-state index in [-0.39, 0.29) is 5.91 Å². The number of amides is 1. The van der Waals surface area contributed by atoms with Crippen LogP contribution in [0.15, 0.2) is 30.3 Å². The molecular formula is C29H49NO3. The molecule has 0 bridgehead atoms. The van der Waals surface area contributed by atoms with Gasteiger partial charge in [-0.15, -0.1) is 0 Å². The summed E-state index contributed by atoms with van der Waals surface area (Å²) in [4.78, 5) is 23.6. The molecule has 0 saturated heterocycles. The van der Waals surface area contributed by atoms with Gasteiger partial charge in [0.25, 0.3) is 0 Å². The predicted octanol–water partition coefficient (Wildman–Crippen LogP) is 7.84. The Balaban J connectivity index is 1.90. The summed E-state index contributed by atoms with van der Waals surface area (Å²) in [6, 6.07) is 8.58. The van der Waals surface area contributed by atoms with E-state index in [1.165, 1.54) is 89.9 Å². The number of carboxylic acid groups (broad SMARTS) is 1. The summed E-state index contributed by atoms with van der Waals surface area (Å²) in [5.41, 5.74) is 0.919. The quantitative estimate of drug-likeness (QED) is 0.174. The third kappa shape index (κ3) is 17.3. The van der Waals surface area contributed by atoms with Gasteiger partial charge in [0, 0.05) is 12.8 Å². The predicted molar refractivity (Wildman–Crippen MR) is 138 cm³/mol. The molecule has 0 aliphatic carbocycles. The van der Waals surface area contributed by atoms with E-state index in [4.69, 9.17) is 0 Å². The Kier molecular flexibility index (Phi) is 18.4. The van der Waals surface area contributed by atoms with Gasteiger partial charge in [0.15, 0.2) is 0 Å². The number of aliphatic carboxylic acids is 1. The number of unbranched alkanes of at least 4 members (excludes halogenated alkanes) is 16. The SMILES string of the molecule is CCCCCCCCCCCCCCCCCCCC(=O)N[C@@H](Cc1ccccc1)C(=O)O. The van der Waals surface area contributed by atoms with Gasteiger partial charge in [-0.05, 0) is 12.0 Å². The molecule has 33 heavy (non-hydrogen) atoms. The highest BCUT2D eigenvalue weighted by Gasteiger charge is 2.19. The van der Waals surface area contributed by atoms with E-state index in [2.05, 4.69) is 12.2 Å². The Morgan fingerprint density at radius 1 is 0.697 bits per heavy atom. The van der Waals surface area contributed by atoms with Crippen LogP contribution in [0.3, 0.4) is 0 Å². The molecule has 1 atom stereocenters. The van der Waals surface area contributed by atoms with E-state index in [0.717, 1.165) is 24.8 Å². The van der Waals surface area contributed by atoms with Crippen molar-refractivity contribution < 1.29 is 14.7 Å². The number of nitrogens with one attached hydrogen (secondary N) is 1. The van der Waals surface area contributed by atoms with Crippen molar-refractivity contribution >= 4 is 11.9 Å². The fourth-order valence-electron chi connectivity index (χ4n) is 4.33. The van der Waals surface area contributed by atoms with Gasteiger partial charge in [-0.1, -0.05) is 140 Å². The second kappa shape index (κ2) is 20.7. The zero-order chi connectivity index (χ0) is 24.0. The van der Waals surface area contributed by atoms with Gasteiger partial charge in [-0.2, -0.15) is 0 Å². The van der Waals surface area contributed by atoms with Crippen LogP contribution < -0.4 is 5.32 Å². The number of carbonyl (C=O) groups excluding carboxylic acids is 1. The van der Waals surface area contributed by atoms with Crippen molar-refractivity contribution in [3.8, 4) is 0 Å². The number of rotatable bonds is 22.